The fraction of sp³-hybridized carbons (Fsp3) is 0.278. The molecule has 0 fully saturated rings. The molecule has 1 N–H and O–H groups in total. The Morgan fingerprint density at radius 3 is 2.58 bits per heavy atom. The molecule has 0 aliphatic heterocycles. The van der Waals surface area contributed by atoms with Gasteiger partial charge in [-0.25, -0.2) is 0 Å². The molecule has 0 spiro atoms. The van der Waals surface area contributed by atoms with Crippen molar-refractivity contribution >= 4 is 38.5 Å². The monoisotopic (exact) mass is 435 g/mol. The Morgan fingerprint density at radius 1 is 1.23 bits per heavy atom. The van der Waals surface area contributed by atoms with E-state index in [9.17, 15) is 4.79 Å². The van der Waals surface area contributed by atoms with Gasteiger partial charge >= 0.3 is 0 Å². The fourth-order valence-corrected chi connectivity index (χ4v) is 3.06. The Bertz CT molecular complexity index is 897. The zero-order chi connectivity index (χ0) is 18.7. The highest BCUT2D eigenvalue weighted by molar-refractivity contribution is 9.10. The number of nitrogens with one attached hydrogen (secondary N) is 1. The second kappa shape index (κ2) is 7.59. The molecule has 6 nitrogen and oxygen atoms in total. The van der Waals surface area contributed by atoms with Crippen LogP contribution >= 0.6 is 27.5 Å². The number of anilines is 1. The van der Waals surface area contributed by atoms with Crippen LogP contribution in [0.25, 0.3) is 11.6 Å². The third kappa shape index (κ3) is 4.70. The van der Waals surface area contributed by atoms with Gasteiger partial charge in [-0.15, -0.1) is 0 Å². The SMILES string of the molecule is CC(C)(C)c1ccc(OCC(=O)Nc2nc(-c3ccc(Br)o3)ns2)cc1. The molecule has 0 radical (unpaired) electrons. The second-order valence-electron chi connectivity index (χ2n) is 6.64. The first-order chi connectivity index (χ1) is 12.3. The lowest BCUT2D eigenvalue weighted by Gasteiger charge is -2.19. The molecule has 0 saturated carbocycles. The number of halogens is 1. The average molecular weight is 436 g/mol. The van der Waals surface area contributed by atoms with Crippen LogP contribution in [0.4, 0.5) is 5.13 Å². The third-order valence-corrected chi connectivity index (χ3v) is 4.61. The molecular formula is C18H18BrN3O3S. The normalized spacial score (nSPS) is 11.4. The Hall–Kier alpha value is -2.19. The van der Waals surface area contributed by atoms with E-state index in [1.54, 1.807) is 12.1 Å². The number of carbonyl (C=O) groups is 1. The summed E-state index contributed by atoms with van der Waals surface area (Å²) >= 11 is 4.31. The minimum absolute atomic E-state index is 0.0784. The van der Waals surface area contributed by atoms with Gasteiger partial charge in [-0.3, -0.25) is 10.1 Å². The maximum Gasteiger partial charge on any atom is 0.264 e. The van der Waals surface area contributed by atoms with Gasteiger partial charge in [-0.2, -0.15) is 9.36 Å². The van der Waals surface area contributed by atoms with Gasteiger partial charge in [0.2, 0.25) is 11.0 Å². The van der Waals surface area contributed by atoms with Crippen molar-refractivity contribution in [2.45, 2.75) is 26.2 Å². The summed E-state index contributed by atoms with van der Waals surface area (Å²) in [5.41, 5.74) is 1.29. The second-order valence-corrected chi connectivity index (χ2v) is 8.17. The summed E-state index contributed by atoms with van der Waals surface area (Å²) < 4.78 is 15.7. The van der Waals surface area contributed by atoms with Crippen LogP contribution in [0.1, 0.15) is 26.3 Å². The number of amides is 1. The summed E-state index contributed by atoms with van der Waals surface area (Å²) in [5.74, 6) is 1.30. The van der Waals surface area contributed by atoms with Gasteiger partial charge in [0.15, 0.2) is 17.0 Å². The number of hydrogen-bond acceptors (Lipinski definition) is 6. The van der Waals surface area contributed by atoms with Crippen LogP contribution in [0.5, 0.6) is 5.75 Å². The number of rotatable bonds is 5. The van der Waals surface area contributed by atoms with Crippen LogP contribution in [0.2, 0.25) is 0 Å². The molecule has 0 aliphatic rings. The number of nitrogens with zero attached hydrogens (tertiary/aromatic N) is 2. The van der Waals surface area contributed by atoms with Crippen molar-refractivity contribution in [1.29, 1.82) is 0 Å². The van der Waals surface area contributed by atoms with Crippen molar-refractivity contribution < 1.29 is 13.9 Å². The smallest absolute Gasteiger partial charge is 0.264 e. The lowest BCUT2D eigenvalue weighted by atomic mass is 9.87. The van der Waals surface area contributed by atoms with Crippen molar-refractivity contribution in [1.82, 2.24) is 9.36 Å². The van der Waals surface area contributed by atoms with E-state index in [1.807, 2.05) is 24.3 Å². The van der Waals surface area contributed by atoms with Crippen LogP contribution in [-0.2, 0) is 10.2 Å². The summed E-state index contributed by atoms with van der Waals surface area (Å²) in [6.07, 6.45) is 0. The minimum atomic E-state index is -0.298. The minimum Gasteiger partial charge on any atom is -0.484 e. The van der Waals surface area contributed by atoms with Gasteiger partial charge in [0, 0.05) is 11.5 Å². The number of aromatic nitrogens is 2. The summed E-state index contributed by atoms with van der Waals surface area (Å²) in [5, 5.41) is 3.07. The summed E-state index contributed by atoms with van der Waals surface area (Å²) in [7, 11) is 0. The maximum absolute atomic E-state index is 12.0. The van der Waals surface area contributed by atoms with Gasteiger partial charge in [0.1, 0.15) is 5.75 Å². The van der Waals surface area contributed by atoms with Crippen LogP contribution in [0.15, 0.2) is 45.5 Å². The summed E-state index contributed by atoms with van der Waals surface area (Å²) in [4.78, 5) is 16.3. The molecule has 1 amide bonds. The van der Waals surface area contributed by atoms with Crippen molar-refractivity contribution in [3.8, 4) is 17.3 Å². The number of hydrogen-bond donors (Lipinski definition) is 1. The molecule has 136 valence electrons. The fourth-order valence-electron chi connectivity index (χ4n) is 2.16. The quantitative estimate of drug-likeness (QED) is 0.617. The standard InChI is InChI=1S/C18H18BrN3O3S/c1-18(2,3)11-4-6-12(7-5-11)24-10-15(23)20-17-21-16(22-26-17)13-8-9-14(19)25-13/h4-9H,10H2,1-3H3,(H,20,21,22,23). The molecule has 2 aromatic heterocycles. The Morgan fingerprint density at radius 2 is 1.96 bits per heavy atom. The molecule has 0 unspecified atom stereocenters. The number of benzene rings is 1. The molecule has 0 atom stereocenters. The van der Waals surface area contributed by atoms with Gasteiger partial charge in [0.05, 0.1) is 0 Å². The van der Waals surface area contributed by atoms with E-state index in [0.717, 1.165) is 11.5 Å². The predicted octanol–water partition coefficient (Wildman–Crippen LogP) is 4.88. The van der Waals surface area contributed by atoms with Crippen LogP contribution in [-0.4, -0.2) is 21.9 Å². The van der Waals surface area contributed by atoms with E-state index in [4.69, 9.17) is 9.15 Å². The van der Waals surface area contributed by atoms with Gasteiger partial charge in [0.25, 0.3) is 5.91 Å². The molecule has 8 heteroatoms. The molecule has 0 saturated heterocycles. The number of ether oxygens (including phenoxy) is 1. The van der Waals surface area contributed by atoms with Crippen LogP contribution < -0.4 is 10.1 Å². The first kappa shape index (κ1) is 18.6. The first-order valence-corrected chi connectivity index (χ1v) is 9.50. The van der Waals surface area contributed by atoms with E-state index in [0.29, 0.717) is 27.1 Å². The molecule has 0 aliphatic carbocycles. The molecular weight excluding hydrogens is 418 g/mol. The topological polar surface area (TPSA) is 77.2 Å². The first-order valence-electron chi connectivity index (χ1n) is 7.94. The van der Waals surface area contributed by atoms with Crippen molar-refractivity contribution in [2.75, 3.05) is 11.9 Å². The van der Waals surface area contributed by atoms with Crippen LogP contribution in [0, 0.1) is 0 Å². The highest BCUT2D eigenvalue weighted by atomic mass is 79.9. The lowest BCUT2D eigenvalue weighted by Crippen LogP contribution is -2.20. The lowest BCUT2D eigenvalue weighted by molar-refractivity contribution is -0.118. The van der Waals surface area contributed by atoms with E-state index >= 15 is 0 Å². The molecule has 1 aromatic carbocycles. The Kier molecular flexibility index (Phi) is 5.43. The molecule has 2 heterocycles. The van der Waals surface area contributed by atoms with E-state index in [-0.39, 0.29) is 17.9 Å². The third-order valence-electron chi connectivity index (χ3n) is 3.56. The Labute approximate surface area is 163 Å². The van der Waals surface area contributed by atoms with Crippen molar-refractivity contribution in [2.24, 2.45) is 0 Å². The predicted molar refractivity (Wildman–Crippen MR) is 105 cm³/mol. The molecule has 3 aromatic rings. The maximum atomic E-state index is 12.0. The highest BCUT2D eigenvalue weighted by Crippen LogP contribution is 2.26. The van der Waals surface area contributed by atoms with Gasteiger partial charge < -0.3 is 9.15 Å². The average Bonchev–Trinajstić information content (AvgIpc) is 3.21. The van der Waals surface area contributed by atoms with Crippen LogP contribution in [0.3, 0.4) is 0 Å². The molecule has 26 heavy (non-hydrogen) atoms. The number of furan rings is 1. The largest absolute Gasteiger partial charge is 0.484 e. The van der Waals surface area contributed by atoms with Crippen molar-refractivity contribution in [3.05, 3.63) is 46.6 Å². The van der Waals surface area contributed by atoms with E-state index in [2.05, 4.69) is 51.4 Å². The zero-order valence-electron chi connectivity index (χ0n) is 14.6. The summed E-state index contributed by atoms with van der Waals surface area (Å²) in [6, 6.07) is 11.3. The summed E-state index contributed by atoms with van der Waals surface area (Å²) in [6.45, 7) is 6.34. The zero-order valence-corrected chi connectivity index (χ0v) is 17.0. The van der Waals surface area contributed by atoms with Crippen molar-refractivity contribution in [3.63, 3.8) is 0 Å². The van der Waals surface area contributed by atoms with Gasteiger partial charge in [-0.05, 0) is 51.2 Å². The number of carbonyl (C=O) groups excluding carboxylic acids is 1. The van der Waals surface area contributed by atoms with E-state index < -0.39 is 0 Å². The highest BCUT2D eigenvalue weighted by Gasteiger charge is 2.14. The molecule has 3 rings (SSSR count). The Balaban J connectivity index is 1.54. The van der Waals surface area contributed by atoms with E-state index in [1.165, 1.54) is 5.56 Å². The molecule has 0 bridgehead atoms. The van der Waals surface area contributed by atoms with Gasteiger partial charge in [-0.1, -0.05) is 32.9 Å².